The Balaban J connectivity index is 1.74. The second kappa shape index (κ2) is 6.57. The number of carboxylic acids is 1. The third-order valence-corrected chi connectivity index (χ3v) is 5.90. The minimum Gasteiger partial charge on any atom is -0.480 e. The van der Waals surface area contributed by atoms with Gasteiger partial charge in [-0.05, 0) is 44.4 Å². The Morgan fingerprint density at radius 1 is 1.23 bits per heavy atom. The number of fused-ring (bicyclic) bond motifs is 1. The highest BCUT2D eigenvalue weighted by molar-refractivity contribution is 7.20. The summed E-state index contributed by atoms with van der Waals surface area (Å²) in [6.45, 7) is 2.41. The first kappa shape index (κ1) is 16.8. The van der Waals surface area contributed by atoms with Crippen LogP contribution in [0.15, 0.2) is 36.4 Å². The monoisotopic (exact) mass is 369 g/mol. The number of para-hydroxylation sites is 1. The Bertz CT molecular complexity index is 977. The second-order valence-corrected chi connectivity index (χ2v) is 7.54. The maximum absolute atomic E-state index is 13.0. The molecule has 1 aliphatic heterocycles. The van der Waals surface area contributed by atoms with Crippen molar-refractivity contribution in [1.29, 1.82) is 0 Å². The normalized spacial score (nSPS) is 17.6. The van der Waals surface area contributed by atoms with Crippen molar-refractivity contribution in [3.63, 3.8) is 0 Å². The largest absolute Gasteiger partial charge is 0.480 e. The Labute approximate surface area is 154 Å². The number of likely N-dealkylation sites (tertiary alicyclic amines) is 1. The van der Waals surface area contributed by atoms with Crippen molar-refractivity contribution >= 4 is 33.4 Å². The molecule has 0 unspecified atom stereocenters. The summed E-state index contributed by atoms with van der Waals surface area (Å²) in [7, 11) is 0. The number of carboxylic acid groups (broad SMARTS) is 1. The molecule has 1 saturated heterocycles. The van der Waals surface area contributed by atoms with Crippen LogP contribution in [0.2, 0.25) is 0 Å². The zero-order valence-corrected chi connectivity index (χ0v) is 15.2. The van der Waals surface area contributed by atoms with E-state index in [1.165, 1.54) is 16.2 Å². The van der Waals surface area contributed by atoms with Crippen molar-refractivity contribution in [2.45, 2.75) is 32.2 Å². The lowest BCUT2D eigenvalue weighted by Gasteiger charge is -2.32. The van der Waals surface area contributed by atoms with Crippen LogP contribution in [0.4, 0.5) is 0 Å². The predicted molar refractivity (Wildman–Crippen MR) is 100.0 cm³/mol. The summed E-state index contributed by atoms with van der Waals surface area (Å²) in [6, 6.07) is 10.9. The fraction of sp³-hybridized carbons (Fsp3) is 0.316. The SMILES string of the molecule is Cc1nn(-c2ccccc2)c2sc(C(=O)N3CCCC[C@@H]3C(=O)O)cc12. The zero-order valence-electron chi connectivity index (χ0n) is 14.4. The summed E-state index contributed by atoms with van der Waals surface area (Å²) in [5.41, 5.74) is 1.79. The average molecular weight is 369 g/mol. The molecule has 1 fully saturated rings. The summed E-state index contributed by atoms with van der Waals surface area (Å²) in [5.74, 6) is -1.12. The molecule has 134 valence electrons. The minimum absolute atomic E-state index is 0.197. The van der Waals surface area contributed by atoms with Crippen LogP contribution in [0.25, 0.3) is 15.9 Å². The van der Waals surface area contributed by atoms with E-state index < -0.39 is 12.0 Å². The van der Waals surface area contributed by atoms with Gasteiger partial charge in [-0.15, -0.1) is 11.3 Å². The number of piperidine rings is 1. The topological polar surface area (TPSA) is 75.4 Å². The molecule has 0 spiro atoms. The summed E-state index contributed by atoms with van der Waals surface area (Å²) >= 11 is 1.37. The first-order valence-electron chi connectivity index (χ1n) is 8.64. The van der Waals surface area contributed by atoms with Gasteiger partial charge < -0.3 is 10.0 Å². The molecule has 1 atom stereocenters. The number of hydrogen-bond donors (Lipinski definition) is 1. The molecule has 0 saturated carbocycles. The molecule has 1 amide bonds. The fourth-order valence-electron chi connectivity index (χ4n) is 3.47. The van der Waals surface area contributed by atoms with Gasteiger partial charge in [0.2, 0.25) is 0 Å². The lowest BCUT2D eigenvalue weighted by atomic mass is 10.0. The highest BCUT2D eigenvalue weighted by atomic mass is 32.1. The number of carbonyl (C=O) groups excluding carboxylic acids is 1. The van der Waals surface area contributed by atoms with Crippen LogP contribution >= 0.6 is 11.3 Å². The molecule has 1 N–H and O–H groups in total. The van der Waals surface area contributed by atoms with Gasteiger partial charge in [-0.3, -0.25) is 4.79 Å². The smallest absolute Gasteiger partial charge is 0.326 e. The van der Waals surface area contributed by atoms with Gasteiger partial charge in [0.1, 0.15) is 10.9 Å². The van der Waals surface area contributed by atoms with Crippen molar-refractivity contribution in [1.82, 2.24) is 14.7 Å². The van der Waals surface area contributed by atoms with Crippen molar-refractivity contribution in [2.24, 2.45) is 0 Å². The number of thiophene rings is 1. The Morgan fingerprint density at radius 3 is 2.73 bits per heavy atom. The van der Waals surface area contributed by atoms with Gasteiger partial charge in [0, 0.05) is 11.9 Å². The molecular formula is C19H19N3O3S. The van der Waals surface area contributed by atoms with E-state index in [4.69, 9.17) is 0 Å². The molecule has 7 heteroatoms. The molecule has 0 bridgehead atoms. The Morgan fingerprint density at radius 2 is 2.00 bits per heavy atom. The number of hydrogen-bond acceptors (Lipinski definition) is 4. The molecular weight excluding hydrogens is 350 g/mol. The first-order chi connectivity index (χ1) is 12.6. The Hall–Kier alpha value is -2.67. The maximum Gasteiger partial charge on any atom is 0.326 e. The van der Waals surface area contributed by atoms with Gasteiger partial charge in [-0.2, -0.15) is 5.10 Å². The molecule has 3 heterocycles. The molecule has 26 heavy (non-hydrogen) atoms. The van der Waals surface area contributed by atoms with Crippen molar-refractivity contribution in [3.05, 3.63) is 47.0 Å². The highest BCUT2D eigenvalue weighted by Gasteiger charge is 2.33. The van der Waals surface area contributed by atoms with Crippen LogP contribution in [-0.4, -0.2) is 44.3 Å². The maximum atomic E-state index is 13.0. The molecule has 1 aliphatic rings. The Kier molecular flexibility index (Phi) is 4.24. The highest BCUT2D eigenvalue weighted by Crippen LogP contribution is 2.32. The number of aromatic nitrogens is 2. The van der Waals surface area contributed by atoms with Crippen molar-refractivity contribution in [2.75, 3.05) is 6.54 Å². The molecule has 2 aromatic heterocycles. The van der Waals surface area contributed by atoms with E-state index in [9.17, 15) is 14.7 Å². The lowest BCUT2D eigenvalue weighted by Crippen LogP contribution is -2.47. The van der Waals surface area contributed by atoms with Crippen LogP contribution < -0.4 is 0 Å². The lowest BCUT2D eigenvalue weighted by molar-refractivity contribution is -0.143. The molecule has 4 rings (SSSR count). The minimum atomic E-state index is -0.925. The van der Waals surface area contributed by atoms with E-state index in [1.54, 1.807) is 0 Å². The second-order valence-electron chi connectivity index (χ2n) is 6.51. The number of rotatable bonds is 3. The predicted octanol–water partition coefficient (Wildman–Crippen LogP) is 3.47. The van der Waals surface area contributed by atoms with Gasteiger partial charge in [-0.25, -0.2) is 9.48 Å². The molecule has 6 nitrogen and oxygen atoms in total. The van der Waals surface area contributed by atoms with Gasteiger partial charge in [0.15, 0.2) is 0 Å². The molecule has 0 radical (unpaired) electrons. The van der Waals surface area contributed by atoms with Crippen LogP contribution in [-0.2, 0) is 4.79 Å². The first-order valence-corrected chi connectivity index (χ1v) is 9.46. The van der Waals surface area contributed by atoms with Gasteiger partial charge in [0.05, 0.1) is 16.3 Å². The van der Waals surface area contributed by atoms with E-state index in [2.05, 4.69) is 5.10 Å². The molecule has 3 aromatic rings. The number of benzene rings is 1. The fourth-order valence-corrected chi connectivity index (χ4v) is 4.61. The number of amides is 1. The van der Waals surface area contributed by atoms with E-state index >= 15 is 0 Å². The van der Waals surface area contributed by atoms with Crippen LogP contribution in [0, 0.1) is 6.92 Å². The number of aliphatic carboxylic acids is 1. The summed E-state index contributed by atoms with van der Waals surface area (Å²) in [6.07, 6.45) is 2.20. The van der Waals surface area contributed by atoms with Gasteiger partial charge in [-0.1, -0.05) is 18.2 Å². The molecule has 1 aromatic carbocycles. The standard InChI is InChI=1S/C19H19N3O3S/c1-12-14-11-16(17(23)21-10-6-5-9-15(21)19(24)25)26-18(14)22(20-12)13-7-3-2-4-8-13/h2-4,7-8,11,15H,5-6,9-10H2,1H3,(H,24,25)/t15-/m1/s1. The average Bonchev–Trinajstić information content (AvgIpc) is 3.22. The molecule has 0 aliphatic carbocycles. The number of nitrogens with zero attached hydrogens (tertiary/aromatic N) is 3. The van der Waals surface area contributed by atoms with E-state index in [1.807, 2.05) is 48.0 Å². The quantitative estimate of drug-likeness (QED) is 0.767. The third-order valence-electron chi connectivity index (χ3n) is 4.80. The van der Waals surface area contributed by atoms with Gasteiger partial charge >= 0.3 is 5.97 Å². The zero-order chi connectivity index (χ0) is 18.3. The van der Waals surface area contributed by atoms with Crippen molar-refractivity contribution < 1.29 is 14.7 Å². The van der Waals surface area contributed by atoms with Crippen molar-refractivity contribution in [3.8, 4) is 5.69 Å². The van der Waals surface area contributed by atoms with E-state index in [0.717, 1.165) is 34.4 Å². The summed E-state index contributed by atoms with van der Waals surface area (Å²) < 4.78 is 1.84. The summed E-state index contributed by atoms with van der Waals surface area (Å²) in [5, 5.41) is 15.0. The van der Waals surface area contributed by atoms with Crippen LogP contribution in [0.3, 0.4) is 0 Å². The third kappa shape index (κ3) is 2.78. The van der Waals surface area contributed by atoms with Crippen LogP contribution in [0.5, 0.6) is 0 Å². The van der Waals surface area contributed by atoms with Gasteiger partial charge in [0.25, 0.3) is 5.91 Å². The van der Waals surface area contributed by atoms with E-state index in [0.29, 0.717) is 17.8 Å². The number of carbonyl (C=O) groups is 2. The summed E-state index contributed by atoms with van der Waals surface area (Å²) in [4.78, 5) is 27.5. The van der Waals surface area contributed by atoms with Crippen LogP contribution in [0.1, 0.15) is 34.6 Å². The number of aryl methyl sites for hydroxylation is 1. The van der Waals surface area contributed by atoms with E-state index in [-0.39, 0.29) is 5.91 Å².